The van der Waals surface area contributed by atoms with Crippen molar-refractivity contribution < 1.29 is 9.47 Å². The quantitative estimate of drug-likeness (QED) is 0.838. The average molecular weight is 273 g/mol. The summed E-state index contributed by atoms with van der Waals surface area (Å²) in [5.74, 6) is 2.10. The molecule has 1 heterocycles. The van der Waals surface area contributed by atoms with Crippen molar-refractivity contribution in [3.8, 4) is 11.5 Å². The third-order valence-corrected chi connectivity index (χ3v) is 2.66. The van der Waals surface area contributed by atoms with Crippen LogP contribution >= 0.6 is 0 Å². The van der Waals surface area contributed by atoms with Crippen molar-refractivity contribution in [1.29, 1.82) is 0 Å². The Kier molecular flexibility index (Phi) is 5.32. The normalized spacial score (nSPS) is 10.3. The summed E-state index contributed by atoms with van der Waals surface area (Å²) >= 11 is 0. The number of hydrogen-bond donors (Lipinski definition) is 1. The van der Waals surface area contributed by atoms with Crippen LogP contribution in [0, 0.1) is 0 Å². The van der Waals surface area contributed by atoms with Crippen LogP contribution in [-0.4, -0.2) is 23.6 Å². The Morgan fingerprint density at radius 1 is 1.10 bits per heavy atom. The predicted molar refractivity (Wildman–Crippen MR) is 76.7 cm³/mol. The summed E-state index contributed by atoms with van der Waals surface area (Å²) in [5.41, 5.74) is 1.15. The summed E-state index contributed by atoms with van der Waals surface area (Å²) in [4.78, 5) is 8.26. The molecule has 2 rings (SSSR count). The molecule has 5 nitrogen and oxygen atoms in total. The molecule has 1 N–H and O–H groups in total. The summed E-state index contributed by atoms with van der Waals surface area (Å²) in [6, 6.07) is 7.70. The molecule has 2 aromatic rings. The van der Waals surface area contributed by atoms with Gasteiger partial charge in [0.25, 0.3) is 0 Å². The van der Waals surface area contributed by atoms with E-state index in [0.29, 0.717) is 24.8 Å². The van der Waals surface area contributed by atoms with E-state index in [4.69, 9.17) is 9.47 Å². The first-order valence-corrected chi connectivity index (χ1v) is 6.62. The van der Waals surface area contributed by atoms with E-state index < -0.39 is 0 Å². The van der Waals surface area contributed by atoms with E-state index >= 15 is 0 Å². The van der Waals surface area contributed by atoms with Gasteiger partial charge in [-0.05, 0) is 37.7 Å². The first kappa shape index (κ1) is 14.3. The van der Waals surface area contributed by atoms with Crippen LogP contribution in [0.15, 0.2) is 36.7 Å². The van der Waals surface area contributed by atoms with Gasteiger partial charge in [0.1, 0.15) is 6.61 Å². The predicted octanol–water partition coefficient (Wildman–Crippen LogP) is 2.17. The van der Waals surface area contributed by atoms with Gasteiger partial charge in [0.2, 0.25) is 0 Å². The van der Waals surface area contributed by atoms with Crippen LogP contribution in [0.1, 0.15) is 18.3 Å². The number of nitrogens with one attached hydrogen (secondary N) is 1. The molecule has 0 spiro atoms. The van der Waals surface area contributed by atoms with Crippen molar-refractivity contribution in [3.05, 3.63) is 48.0 Å². The molecule has 0 aliphatic rings. The zero-order chi connectivity index (χ0) is 14.2. The summed E-state index contributed by atoms with van der Waals surface area (Å²) in [7, 11) is 1.91. The smallest absolute Gasteiger partial charge is 0.166 e. The molecule has 0 atom stereocenters. The third-order valence-electron chi connectivity index (χ3n) is 2.66. The van der Waals surface area contributed by atoms with Crippen LogP contribution in [0.25, 0.3) is 0 Å². The number of hydrogen-bond acceptors (Lipinski definition) is 5. The standard InChI is InChI=1S/C15H19N3O2/c1-3-19-14-9-12(10-16-2)5-6-13(14)20-11-15-17-7-4-8-18-15/h4-9,16H,3,10-11H2,1-2H3. The van der Waals surface area contributed by atoms with Crippen molar-refractivity contribution in [2.45, 2.75) is 20.1 Å². The minimum atomic E-state index is 0.326. The van der Waals surface area contributed by atoms with Gasteiger partial charge < -0.3 is 14.8 Å². The van der Waals surface area contributed by atoms with Crippen LogP contribution in [0.5, 0.6) is 11.5 Å². The second-order valence-electron chi connectivity index (χ2n) is 4.20. The summed E-state index contributed by atoms with van der Waals surface area (Å²) in [5, 5.41) is 3.11. The second-order valence-corrected chi connectivity index (χ2v) is 4.20. The lowest BCUT2D eigenvalue weighted by Crippen LogP contribution is -2.06. The fraction of sp³-hybridized carbons (Fsp3) is 0.333. The molecule has 20 heavy (non-hydrogen) atoms. The van der Waals surface area contributed by atoms with E-state index in [-0.39, 0.29) is 0 Å². The summed E-state index contributed by atoms with van der Waals surface area (Å²) in [6.45, 7) is 3.67. The van der Waals surface area contributed by atoms with Crippen molar-refractivity contribution in [2.24, 2.45) is 0 Å². The van der Waals surface area contributed by atoms with E-state index in [1.54, 1.807) is 18.5 Å². The van der Waals surface area contributed by atoms with Gasteiger partial charge in [-0.1, -0.05) is 6.07 Å². The largest absolute Gasteiger partial charge is 0.490 e. The van der Waals surface area contributed by atoms with Crippen LogP contribution in [0.3, 0.4) is 0 Å². The molecule has 0 saturated carbocycles. The fourth-order valence-electron chi connectivity index (χ4n) is 1.80. The van der Waals surface area contributed by atoms with Crippen molar-refractivity contribution in [2.75, 3.05) is 13.7 Å². The molecule has 1 aromatic carbocycles. The Hall–Kier alpha value is -2.14. The highest BCUT2D eigenvalue weighted by Crippen LogP contribution is 2.29. The molecule has 0 fully saturated rings. The maximum Gasteiger partial charge on any atom is 0.166 e. The summed E-state index contributed by atoms with van der Waals surface area (Å²) < 4.78 is 11.4. The number of nitrogens with zero attached hydrogens (tertiary/aromatic N) is 2. The molecular weight excluding hydrogens is 254 g/mol. The zero-order valence-corrected chi connectivity index (χ0v) is 11.8. The molecule has 1 aromatic heterocycles. The molecule has 0 amide bonds. The van der Waals surface area contributed by atoms with Gasteiger partial charge in [-0.2, -0.15) is 0 Å². The molecule has 0 bridgehead atoms. The van der Waals surface area contributed by atoms with Gasteiger partial charge in [0.05, 0.1) is 6.61 Å². The van der Waals surface area contributed by atoms with Gasteiger partial charge >= 0.3 is 0 Å². The van der Waals surface area contributed by atoms with Crippen LogP contribution < -0.4 is 14.8 Å². The molecule has 0 aliphatic carbocycles. The van der Waals surface area contributed by atoms with Gasteiger partial charge in [-0.15, -0.1) is 0 Å². The third kappa shape index (κ3) is 3.93. The Labute approximate surface area is 119 Å². The average Bonchev–Trinajstić information content (AvgIpc) is 2.48. The van der Waals surface area contributed by atoms with Crippen molar-refractivity contribution in [1.82, 2.24) is 15.3 Å². The Bertz CT molecular complexity index is 532. The molecule has 0 aliphatic heterocycles. The van der Waals surface area contributed by atoms with Gasteiger partial charge in [0, 0.05) is 18.9 Å². The number of aromatic nitrogens is 2. The van der Waals surface area contributed by atoms with Crippen LogP contribution in [-0.2, 0) is 13.2 Å². The monoisotopic (exact) mass is 273 g/mol. The van der Waals surface area contributed by atoms with E-state index in [1.807, 2.05) is 32.2 Å². The summed E-state index contributed by atoms with van der Waals surface area (Å²) in [6.07, 6.45) is 3.40. The maximum absolute atomic E-state index is 5.74. The fourth-order valence-corrected chi connectivity index (χ4v) is 1.80. The highest BCUT2D eigenvalue weighted by Gasteiger charge is 2.07. The lowest BCUT2D eigenvalue weighted by molar-refractivity contribution is 0.263. The Morgan fingerprint density at radius 2 is 1.90 bits per heavy atom. The van der Waals surface area contributed by atoms with Gasteiger partial charge in [-0.25, -0.2) is 9.97 Å². The number of ether oxygens (including phenoxy) is 2. The van der Waals surface area contributed by atoms with Gasteiger partial charge in [0.15, 0.2) is 17.3 Å². The topological polar surface area (TPSA) is 56.3 Å². The van der Waals surface area contributed by atoms with E-state index in [2.05, 4.69) is 15.3 Å². The minimum Gasteiger partial charge on any atom is -0.490 e. The van der Waals surface area contributed by atoms with E-state index in [0.717, 1.165) is 17.9 Å². The van der Waals surface area contributed by atoms with Gasteiger partial charge in [-0.3, -0.25) is 0 Å². The molecule has 0 saturated heterocycles. The Balaban J connectivity index is 2.09. The number of benzene rings is 1. The highest BCUT2D eigenvalue weighted by molar-refractivity contribution is 5.43. The highest BCUT2D eigenvalue weighted by atomic mass is 16.5. The first-order valence-electron chi connectivity index (χ1n) is 6.62. The molecule has 106 valence electrons. The SMILES string of the molecule is CCOc1cc(CNC)ccc1OCc1ncccn1. The maximum atomic E-state index is 5.74. The molecular formula is C15H19N3O2. The molecule has 0 unspecified atom stereocenters. The molecule has 0 radical (unpaired) electrons. The van der Waals surface area contributed by atoms with E-state index in [9.17, 15) is 0 Å². The zero-order valence-electron chi connectivity index (χ0n) is 11.8. The van der Waals surface area contributed by atoms with E-state index in [1.165, 1.54) is 0 Å². The van der Waals surface area contributed by atoms with Crippen molar-refractivity contribution >= 4 is 0 Å². The Morgan fingerprint density at radius 3 is 2.60 bits per heavy atom. The van der Waals surface area contributed by atoms with Crippen LogP contribution in [0.4, 0.5) is 0 Å². The minimum absolute atomic E-state index is 0.326. The number of rotatable bonds is 7. The molecule has 5 heteroatoms. The lowest BCUT2D eigenvalue weighted by Gasteiger charge is -2.13. The first-order chi connectivity index (χ1) is 9.83. The van der Waals surface area contributed by atoms with Crippen molar-refractivity contribution in [3.63, 3.8) is 0 Å². The lowest BCUT2D eigenvalue weighted by atomic mass is 10.2. The van der Waals surface area contributed by atoms with Crippen LogP contribution in [0.2, 0.25) is 0 Å². The second kappa shape index (κ2) is 7.45.